The molecule has 1 heterocycles. The van der Waals surface area contributed by atoms with Crippen LogP contribution in [-0.2, 0) is 0 Å². The molecule has 5 aromatic rings. The number of aromatic amines is 1. The number of halogens is 4. The number of fused-ring (bicyclic) bond motifs is 1. The van der Waals surface area contributed by atoms with Gasteiger partial charge in [0.1, 0.15) is 5.82 Å². The molecule has 2 amide bonds. The smallest absolute Gasteiger partial charge is 0.272 e. The molecule has 0 spiro atoms. The highest BCUT2D eigenvalue weighted by atomic mass is 35.5. The lowest BCUT2D eigenvalue weighted by atomic mass is 10.0. The second kappa shape index (κ2) is 11.2. The minimum atomic E-state index is -0.829. The van der Waals surface area contributed by atoms with Gasteiger partial charge in [-0.3, -0.25) is 25.2 Å². The van der Waals surface area contributed by atoms with E-state index in [9.17, 15) is 14.4 Å². The maximum atomic E-state index is 13.3. The van der Waals surface area contributed by atoms with Crippen LogP contribution in [-0.4, -0.2) is 27.6 Å². The van der Waals surface area contributed by atoms with Gasteiger partial charge in [0.15, 0.2) is 5.78 Å². The van der Waals surface area contributed by atoms with Crippen LogP contribution in [0.2, 0.25) is 20.1 Å². The largest absolute Gasteiger partial charge is 0.399 e. The van der Waals surface area contributed by atoms with Crippen LogP contribution in [0.1, 0.15) is 36.6 Å². The molecule has 0 bridgehead atoms. The number of rotatable bonds is 5. The molecule has 12 heteroatoms. The first-order valence-electron chi connectivity index (χ1n) is 11.6. The topological polar surface area (TPSA) is 130 Å². The summed E-state index contributed by atoms with van der Waals surface area (Å²) in [4.78, 5) is 46.4. The van der Waals surface area contributed by atoms with Crippen molar-refractivity contribution in [3.05, 3.63) is 115 Å². The monoisotopic (exact) mass is 611 g/mol. The number of nitrogen functional groups attached to an aromatic ring is 1. The fourth-order valence-corrected chi connectivity index (χ4v) is 5.00. The number of H-pyrrole nitrogens is 1. The van der Waals surface area contributed by atoms with Crippen LogP contribution in [0.25, 0.3) is 22.4 Å². The molecule has 0 aliphatic heterocycles. The maximum Gasteiger partial charge on any atom is 0.272 e. The van der Waals surface area contributed by atoms with Crippen LogP contribution in [0, 0.1) is 0 Å². The number of carbonyl (C=O) groups excluding carboxylic acids is 3. The Hall–Kier alpha value is -4.08. The summed E-state index contributed by atoms with van der Waals surface area (Å²) in [5.74, 6) is -1.47. The van der Waals surface area contributed by atoms with Crippen molar-refractivity contribution in [2.75, 3.05) is 5.73 Å². The van der Waals surface area contributed by atoms with Gasteiger partial charge in [-0.25, -0.2) is 4.98 Å². The molecule has 1 aromatic heterocycles. The van der Waals surface area contributed by atoms with E-state index < -0.39 is 11.8 Å². The molecule has 0 fully saturated rings. The Morgan fingerprint density at radius 3 is 2.02 bits per heavy atom. The number of nitrogens with one attached hydrogen (secondary N) is 3. The molecule has 0 unspecified atom stereocenters. The quantitative estimate of drug-likeness (QED) is 0.0575. The first-order valence-corrected chi connectivity index (χ1v) is 13.1. The van der Waals surface area contributed by atoms with Crippen molar-refractivity contribution >= 4 is 80.7 Å². The third-order valence-corrected chi connectivity index (χ3v) is 7.78. The number of benzene rings is 4. The molecule has 0 radical (unpaired) electrons. The normalized spacial score (nSPS) is 10.9. The minimum absolute atomic E-state index is 0.0486. The van der Waals surface area contributed by atoms with E-state index in [2.05, 4.69) is 20.8 Å². The average molecular weight is 613 g/mol. The fraction of sp³-hybridized carbons (Fsp3) is 0. The SMILES string of the molecule is Nc1ccc(C(=O)NNC(=O)c2c(Cl)c(Cl)c(Cl)c(Cl)c2-c2nc3ccc(C(=O)c4ccccc4)cc3[nH]2)cc1. The highest BCUT2D eigenvalue weighted by molar-refractivity contribution is 6.54. The molecule has 0 saturated heterocycles. The molecular formula is C28H17Cl4N5O3. The predicted octanol–water partition coefficient (Wildman–Crippen LogP) is 6.73. The van der Waals surface area contributed by atoms with Crippen LogP contribution < -0.4 is 16.6 Å². The van der Waals surface area contributed by atoms with Gasteiger partial charge in [0.2, 0.25) is 0 Å². The number of imidazole rings is 1. The summed E-state index contributed by atoms with van der Waals surface area (Å²) in [5.41, 5.74) is 12.8. The van der Waals surface area contributed by atoms with Crippen LogP contribution in [0.4, 0.5) is 5.69 Å². The Morgan fingerprint density at radius 1 is 0.700 bits per heavy atom. The van der Waals surface area contributed by atoms with Gasteiger partial charge in [0.25, 0.3) is 11.8 Å². The molecular weight excluding hydrogens is 596 g/mol. The lowest BCUT2D eigenvalue weighted by molar-refractivity contribution is 0.0847. The zero-order valence-corrected chi connectivity index (χ0v) is 23.2. The van der Waals surface area contributed by atoms with Crippen molar-refractivity contribution in [3.63, 3.8) is 0 Å². The standard InChI is InChI=1S/C28H17Cl4N5O3/c29-21-19(26-34-17-11-8-15(12-18(17)35-26)25(38)13-4-2-1-3-5-13)20(22(30)24(32)23(21)31)28(40)37-36-27(39)14-6-9-16(33)10-7-14/h1-12H,33H2,(H,34,35)(H,36,39)(H,37,40). The number of carbonyl (C=O) groups is 3. The Kier molecular flexibility index (Phi) is 7.69. The first kappa shape index (κ1) is 27.5. The van der Waals surface area contributed by atoms with Crippen molar-refractivity contribution in [3.8, 4) is 11.4 Å². The van der Waals surface area contributed by atoms with Crippen molar-refractivity contribution < 1.29 is 14.4 Å². The van der Waals surface area contributed by atoms with Crippen LogP contribution in [0.15, 0.2) is 72.8 Å². The van der Waals surface area contributed by atoms with E-state index in [0.717, 1.165) is 0 Å². The Labute approximate surface area is 247 Å². The summed E-state index contributed by atoms with van der Waals surface area (Å²) in [6.45, 7) is 0. The van der Waals surface area contributed by atoms with Crippen molar-refractivity contribution in [1.82, 2.24) is 20.8 Å². The second-order valence-electron chi connectivity index (χ2n) is 8.55. The van der Waals surface area contributed by atoms with Crippen molar-refractivity contribution in [2.24, 2.45) is 0 Å². The summed E-state index contributed by atoms with van der Waals surface area (Å²) >= 11 is 25.6. The van der Waals surface area contributed by atoms with E-state index in [1.54, 1.807) is 54.6 Å². The lowest BCUT2D eigenvalue weighted by Crippen LogP contribution is -2.42. The number of nitrogens with zero attached hydrogens (tertiary/aromatic N) is 1. The Balaban J connectivity index is 1.52. The number of hydrogen-bond donors (Lipinski definition) is 4. The summed E-state index contributed by atoms with van der Waals surface area (Å²) in [6, 6.07) is 19.9. The zero-order valence-electron chi connectivity index (χ0n) is 20.2. The third-order valence-electron chi connectivity index (χ3n) is 5.97. The molecule has 0 atom stereocenters. The van der Waals surface area contributed by atoms with Gasteiger partial charge < -0.3 is 10.7 Å². The Bertz CT molecular complexity index is 1810. The molecule has 8 nitrogen and oxygen atoms in total. The van der Waals surface area contributed by atoms with Gasteiger partial charge >= 0.3 is 0 Å². The number of hydrogen-bond acceptors (Lipinski definition) is 5. The number of hydrazine groups is 1. The molecule has 0 saturated carbocycles. The van der Waals surface area contributed by atoms with E-state index in [0.29, 0.717) is 27.8 Å². The number of amides is 2. The number of anilines is 1. The number of aromatic nitrogens is 2. The van der Waals surface area contributed by atoms with Crippen LogP contribution >= 0.6 is 46.4 Å². The zero-order chi connectivity index (χ0) is 28.6. The van der Waals surface area contributed by atoms with E-state index >= 15 is 0 Å². The van der Waals surface area contributed by atoms with Gasteiger partial charge in [-0.05, 0) is 42.5 Å². The van der Waals surface area contributed by atoms with Crippen LogP contribution in [0.5, 0.6) is 0 Å². The van der Waals surface area contributed by atoms with Gasteiger partial charge in [-0.2, -0.15) is 0 Å². The van der Waals surface area contributed by atoms with E-state index in [4.69, 9.17) is 52.1 Å². The van der Waals surface area contributed by atoms with Gasteiger partial charge in [0, 0.05) is 22.4 Å². The molecule has 200 valence electrons. The second-order valence-corrected chi connectivity index (χ2v) is 10.1. The summed E-state index contributed by atoms with van der Waals surface area (Å²) in [6.07, 6.45) is 0. The van der Waals surface area contributed by atoms with Crippen LogP contribution in [0.3, 0.4) is 0 Å². The molecule has 40 heavy (non-hydrogen) atoms. The predicted molar refractivity (Wildman–Crippen MR) is 157 cm³/mol. The maximum absolute atomic E-state index is 13.3. The first-order chi connectivity index (χ1) is 19.2. The summed E-state index contributed by atoms with van der Waals surface area (Å²) in [7, 11) is 0. The van der Waals surface area contributed by atoms with Gasteiger partial charge in [0.05, 0.1) is 42.3 Å². The van der Waals surface area contributed by atoms with Gasteiger partial charge in [-0.1, -0.05) is 76.7 Å². The van der Waals surface area contributed by atoms with Crippen molar-refractivity contribution in [2.45, 2.75) is 0 Å². The van der Waals surface area contributed by atoms with E-state index in [-0.39, 0.29) is 48.4 Å². The fourth-order valence-electron chi connectivity index (χ4n) is 3.98. The molecule has 5 rings (SSSR count). The van der Waals surface area contributed by atoms with E-state index in [1.807, 2.05) is 6.07 Å². The highest BCUT2D eigenvalue weighted by Crippen LogP contribution is 2.45. The molecule has 0 aliphatic rings. The Morgan fingerprint density at radius 2 is 1.32 bits per heavy atom. The average Bonchev–Trinajstić information content (AvgIpc) is 3.39. The minimum Gasteiger partial charge on any atom is -0.399 e. The van der Waals surface area contributed by atoms with Gasteiger partial charge in [-0.15, -0.1) is 0 Å². The number of nitrogens with two attached hydrogens (primary N) is 1. The molecule has 4 aromatic carbocycles. The molecule has 0 aliphatic carbocycles. The summed E-state index contributed by atoms with van der Waals surface area (Å²) < 4.78 is 0. The number of ketones is 1. The third kappa shape index (κ3) is 5.22. The summed E-state index contributed by atoms with van der Waals surface area (Å²) in [5, 5.41) is -0.540. The highest BCUT2D eigenvalue weighted by Gasteiger charge is 2.28. The van der Waals surface area contributed by atoms with E-state index in [1.165, 1.54) is 12.1 Å². The molecule has 5 N–H and O–H groups in total. The van der Waals surface area contributed by atoms with Crippen molar-refractivity contribution in [1.29, 1.82) is 0 Å². The lowest BCUT2D eigenvalue weighted by Gasteiger charge is -2.15.